The summed E-state index contributed by atoms with van der Waals surface area (Å²) in [5.41, 5.74) is 6.74. The fourth-order valence-electron chi connectivity index (χ4n) is 3.09. The predicted molar refractivity (Wildman–Crippen MR) is 84.6 cm³/mol. The Balaban J connectivity index is 1.82. The normalized spacial score (nSPS) is 14.7. The van der Waals surface area contributed by atoms with Crippen molar-refractivity contribution in [2.75, 3.05) is 0 Å². The van der Waals surface area contributed by atoms with E-state index in [1.807, 2.05) is 0 Å². The molecule has 3 aromatic rings. The first-order chi connectivity index (χ1) is 9.72. The van der Waals surface area contributed by atoms with Gasteiger partial charge >= 0.3 is 0 Å². The minimum absolute atomic E-state index is 1.10. The molecule has 102 valence electrons. The first-order valence-electron chi connectivity index (χ1n) is 7.29. The monoisotopic (exact) mass is 282 g/mol. The Morgan fingerprint density at radius 1 is 1.10 bits per heavy atom. The summed E-state index contributed by atoms with van der Waals surface area (Å²) in [6.45, 7) is 4.32. The Kier molecular flexibility index (Phi) is 2.71. The second-order valence-corrected chi connectivity index (χ2v) is 6.89. The summed E-state index contributed by atoms with van der Waals surface area (Å²) in [4.78, 5) is 7.25. The minimum Gasteiger partial charge on any atom is -0.294 e. The third-order valence-electron chi connectivity index (χ3n) is 4.43. The van der Waals surface area contributed by atoms with Gasteiger partial charge in [-0.2, -0.15) is 0 Å². The molecule has 3 heteroatoms. The van der Waals surface area contributed by atoms with Crippen LogP contribution in [-0.4, -0.2) is 9.38 Å². The quantitative estimate of drug-likeness (QED) is 0.639. The van der Waals surface area contributed by atoms with Crippen LogP contribution in [0.5, 0.6) is 0 Å². The average molecular weight is 282 g/mol. The van der Waals surface area contributed by atoms with E-state index in [-0.39, 0.29) is 0 Å². The van der Waals surface area contributed by atoms with Gasteiger partial charge in [-0.3, -0.25) is 4.40 Å². The van der Waals surface area contributed by atoms with Crippen LogP contribution in [0.3, 0.4) is 0 Å². The Morgan fingerprint density at radius 2 is 1.90 bits per heavy atom. The van der Waals surface area contributed by atoms with Gasteiger partial charge in [-0.25, -0.2) is 4.98 Å². The van der Waals surface area contributed by atoms with Crippen LogP contribution in [0.25, 0.3) is 16.2 Å². The Morgan fingerprint density at radius 3 is 2.70 bits per heavy atom. The number of imidazole rings is 1. The van der Waals surface area contributed by atoms with E-state index in [4.69, 9.17) is 4.98 Å². The highest BCUT2D eigenvalue weighted by Crippen LogP contribution is 2.29. The molecule has 0 saturated carbocycles. The van der Waals surface area contributed by atoms with Gasteiger partial charge in [0.05, 0.1) is 5.69 Å². The van der Waals surface area contributed by atoms with E-state index in [2.05, 4.69) is 42.6 Å². The lowest BCUT2D eigenvalue weighted by Crippen LogP contribution is -2.02. The Labute approximate surface area is 123 Å². The van der Waals surface area contributed by atoms with Crippen LogP contribution in [0.4, 0.5) is 0 Å². The summed E-state index contributed by atoms with van der Waals surface area (Å²) in [7, 11) is 0. The molecule has 1 aromatic carbocycles. The fraction of sp³-hybridized carbons (Fsp3) is 0.353. The first kappa shape index (κ1) is 12.2. The number of hydrogen-bond donors (Lipinski definition) is 0. The van der Waals surface area contributed by atoms with Crippen LogP contribution in [0.2, 0.25) is 0 Å². The third kappa shape index (κ3) is 1.80. The second kappa shape index (κ2) is 4.45. The zero-order valence-corrected chi connectivity index (χ0v) is 12.8. The van der Waals surface area contributed by atoms with Gasteiger partial charge in [0.2, 0.25) is 0 Å². The highest BCUT2D eigenvalue weighted by molar-refractivity contribution is 7.17. The first-order valence-corrected chi connectivity index (χ1v) is 8.11. The maximum Gasteiger partial charge on any atom is 0.194 e. The van der Waals surface area contributed by atoms with Gasteiger partial charge in [0.1, 0.15) is 0 Å². The van der Waals surface area contributed by atoms with Crippen molar-refractivity contribution in [2.45, 2.75) is 39.5 Å². The molecule has 2 heterocycles. The van der Waals surface area contributed by atoms with Crippen LogP contribution in [0, 0.1) is 13.8 Å². The molecule has 4 rings (SSSR count). The molecular formula is C17H18N2S. The van der Waals surface area contributed by atoms with Crippen molar-refractivity contribution >= 4 is 16.3 Å². The third-order valence-corrected chi connectivity index (χ3v) is 5.51. The van der Waals surface area contributed by atoms with Crippen molar-refractivity contribution in [3.05, 3.63) is 46.1 Å². The predicted octanol–water partition coefficient (Wildman–Crippen LogP) is 4.56. The molecule has 0 saturated heterocycles. The number of aromatic nitrogens is 2. The fourth-order valence-corrected chi connectivity index (χ4v) is 4.04. The number of aryl methyl sites for hydroxylation is 4. The van der Waals surface area contributed by atoms with Crippen molar-refractivity contribution < 1.29 is 0 Å². The molecule has 0 unspecified atom stereocenters. The number of benzene rings is 1. The average Bonchev–Trinajstić information content (AvgIpc) is 2.99. The summed E-state index contributed by atoms with van der Waals surface area (Å²) in [6, 6.07) is 6.89. The van der Waals surface area contributed by atoms with Crippen molar-refractivity contribution in [3.63, 3.8) is 0 Å². The van der Waals surface area contributed by atoms with Crippen molar-refractivity contribution in [1.29, 1.82) is 0 Å². The zero-order valence-electron chi connectivity index (χ0n) is 11.9. The molecule has 0 spiro atoms. The molecule has 0 atom stereocenters. The standard InChI is InChI=1S/C17H18N2S/c1-11-12(2)20-17-18-16(10-19(11)17)15-8-7-13-5-3-4-6-14(13)9-15/h7-10H,3-6H2,1-2H3. The van der Waals surface area contributed by atoms with Crippen LogP contribution in [0.1, 0.15) is 34.5 Å². The minimum atomic E-state index is 1.10. The molecule has 0 N–H and O–H groups in total. The Bertz CT molecular complexity index is 795. The summed E-state index contributed by atoms with van der Waals surface area (Å²) < 4.78 is 2.22. The molecule has 0 aliphatic heterocycles. The maximum atomic E-state index is 4.80. The van der Waals surface area contributed by atoms with E-state index in [9.17, 15) is 0 Å². The molecule has 2 nitrogen and oxygen atoms in total. The van der Waals surface area contributed by atoms with E-state index in [1.54, 1.807) is 11.3 Å². The van der Waals surface area contributed by atoms with E-state index in [1.165, 1.54) is 52.9 Å². The van der Waals surface area contributed by atoms with E-state index < -0.39 is 0 Å². The van der Waals surface area contributed by atoms with Gasteiger partial charge in [-0.15, -0.1) is 11.3 Å². The van der Waals surface area contributed by atoms with Gasteiger partial charge in [0, 0.05) is 22.3 Å². The number of rotatable bonds is 1. The lowest BCUT2D eigenvalue weighted by molar-refractivity contribution is 0.686. The van der Waals surface area contributed by atoms with Gasteiger partial charge in [0.15, 0.2) is 4.96 Å². The lowest BCUT2D eigenvalue weighted by atomic mass is 9.90. The highest BCUT2D eigenvalue weighted by Gasteiger charge is 2.13. The lowest BCUT2D eigenvalue weighted by Gasteiger charge is -2.15. The summed E-state index contributed by atoms with van der Waals surface area (Å²) >= 11 is 1.77. The van der Waals surface area contributed by atoms with E-state index in [0.29, 0.717) is 0 Å². The van der Waals surface area contributed by atoms with Gasteiger partial charge in [-0.05, 0) is 56.7 Å². The van der Waals surface area contributed by atoms with E-state index >= 15 is 0 Å². The summed E-state index contributed by atoms with van der Waals surface area (Å²) in [5.74, 6) is 0. The highest BCUT2D eigenvalue weighted by atomic mass is 32.1. The van der Waals surface area contributed by atoms with Crippen LogP contribution in [-0.2, 0) is 12.8 Å². The van der Waals surface area contributed by atoms with Crippen LogP contribution in [0.15, 0.2) is 24.4 Å². The molecule has 0 bridgehead atoms. The molecule has 0 fully saturated rings. The maximum absolute atomic E-state index is 4.80. The SMILES string of the molecule is Cc1sc2nc(-c3ccc4c(c3)CCCC4)cn2c1C. The number of thiazole rings is 1. The van der Waals surface area contributed by atoms with Crippen molar-refractivity contribution in [2.24, 2.45) is 0 Å². The van der Waals surface area contributed by atoms with E-state index in [0.717, 1.165) is 10.7 Å². The van der Waals surface area contributed by atoms with Gasteiger partial charge < -0.3 is 0 Å². The number of fused-ring (bicyclic) bond motifs is 2. The molecule has 2 aromatic heterocycles. The molecular weight excluding hydrogens is 264 g/mol. The van der Waals surface area contributed by atoms with Crippen molar-refractivity contribution in [3.8, 4) is 11.3 Å². The van der Waals surface area contributed by atoms with Gasteiger partial charge in [-0.1, -0.05) is 12.1 Å². The van der Waals surface area contributed by atoms with Crippen LogP contribution >= 0.6 is 11.3 Å². The smallest absolute Gasteiger partial charge is 0.194 e. The summed E-state index contributed by atoms with van der Waals surface area (Å²) in [6.07, 6.45) is 7.31. The zero-order chi connectivity index (χ0) is 13.7. The van der Waals surface area contributed by atoms with Gasteiger partial charge in [0.25, 0.3) is 0 Å². The number of hydrogen-bond acceptors (Lipinski definition) is 2. The second-order valence-electron chi connectivity index (χ2n) is 5.71. The summed E-state index contributed by atoms with van der Waals surface area (Å²) in [5, 5.41) is 0. The van der Waals surface area contributed by atoms with Crippen LogP contribution < -0.4 is 0 Å². The molecule has 1 aliphatic rings. The Hall–Kier alpha value is -1.61. The molecule has 20 heavy (non-hydrogen) atoms. The molecule has 1 aliphatic carbocycles. The largest absolute Gasteiger partial charge is 0.294 e. The number of nitrogens with zero attached hydrogens (tertiary/aromatic N) is 2. The molecule has 0 radical (unpaired) electrons. The topological polar surface area (TPSA) is 17.3 Å². The van der Waals surface area contributed by atoms with Crippen molar-refractivity contribution in [1.82, 2.24) is 9.38 Å². The molecule has 0 amide bonds.